The lowest BCUT2D eigenvalue weighted by Crippen LogP contribution is -2.33. The number of fused-ring (bicyclic) bond motifs is 1. The van der Waals surface area contributed by atoms with Crippen LogP contribution in [0.15, 0.2) is 41.3 Å². The topological polar surface area (TPSA) is 40.5 Å². The SMILES string of the molecule is CC(C)C(C)(O)CSc1ccc(O)c2ccccc12. The average Bonchev–Trinajstić information content (AvgIpc) is 2.38. The van der Waals surface area contributed by atoms with Gasteiger partial charge in [-0.05, 0) is 30.4 Å². The smallest absolute Gasteiger partial charge is 0.123 e. The van der Waals surface area contributed by atoms with E-state index in [4.69, 9.17) is 0 Å². The van der Waals surface area contributed by atoms with Crippen molar-refractivity contribution in [3.63, 3.8) is 0 Å². The van der Waals surface area contributed by atoms with E-state index in [0.717, 1.165) is 15.7 Å². The molecular formula is C16H20O2S. The van der Waals surface area contributed by atoms with Gasteiger partial charge < -0.3 is 10.2 Å². The molecule has 0 bridgehead atoms. The Morgan fingerprint density at radius 2 is 1.74 bits per heavy atom. The van der Waals surface area contributed by atoms with Crippen LogP contribution in [0.4, 0.5) is 0 Å². The van der Waals surface area contributed by atoms with Gasteiger partial charge >= 0.3 is 0 Å². The minimum absolute atomic E-state index is 0.211. The average molecular weight is 276 g/mol. The highest BCUT2D eigenvalue weighted by molar-refractivity contribution is 7.99. The monoisotopic (exact) mass is 276 g/mol. The van der Waals surface area contributed by atoms with Gasteiger partial charge in [-0.1, -0.05) is 38.1 Å². The van der Waals surface area contributed by atoms with Crippen LogP contribution in [-0.2, 0) is 0 Å². The number of rotatable bonds is 4. The quantitative estimate of drug-likeness (QED) is 0.828. The molecule has 0 aromatic heterocycles. The van der Waals surface area contributed by atoms with E-state index in [-0.39, 0.29) is 5.92 Å². The van der Waals surface area contributed by atoms with Gasteiger partial charge in [0.05, 0.1) is 5.60 Å². The van der Waals surface area contributed by atoms with E-state index in [1.807, 2.05) is 51.1 Å². The van der Waals surface area contributed by atoms with Crippen molar-refractivity contribution in [2.75, 3.05) is 5.75 Å². The molecule has 2 rings (SSSR count). The Balaban J connectivity index is 2.29. The highest BCUT2D eigenvalue weighted by Gasteiger charge is 2.25. The van der Waals surface area contributed by atoms with Gasteiger partial charge in [-0.25, -0.2) is 0 Å². The summed E-state index contributed by atoms with van der Waals surface area (Å²) in [5, 5.41) is 22.1. The first kappa shape index (κ1) is 14.2. The summed E-state index contributed by atoms with van der Waals surface area (Å²) in [7, 11) is 0. The minimum atomic E-state index is -0.691. The maximum Gasteiger partial charge on any atom is 0.123 e. The van der Waals surface area contributed by atoms with Crippen molar-refractivity contribution in [3.05, 3.63) is 36.4 Å². The number of phenolic OH excluding ortho intramolecular Hbond substituents is 1. The Bertz CT molecular complexity index is 576. The van der Waals surface area contributed by atoms with Crippen molar-refractivity contribution >= 4 is 22.5 Å². The van der Waals surface area contributed by atoms with E-state index >= 15 is 0 Å². The molecule has 102 valence electrons. The molecule has 0 fully saturated rings. The Morgan fingerprint density at radius 3 is 2.37 bits per heavy atom. The normalized spacial score (nSPS) is 14.8. The molecule has 2 nitrogen and oxygen atoms in total. The molecule has 0 aliphatic carbocycles. The molecule has 0 spiro atoms. The number of benzene rings is 2. The fourth-order valence-electron chi connectivity index (χ4n) is 1.77. The summed E-state index contributed by atoms with van der Waals surface area (Å²) in [4.78, 5) is 1.09. The lowest BCUT2D eigenvalue weighted by molar-refractivity contribution is 0.0376. The summed E-state index contributed by atoms with van der Waals surface area (Å²) >= 11 is 1.63. The van der Waals surface area contributed by atoms with Gasteiger partial charge in [-0.15, -0.1) is 11.8 Å². The molecule has 3 heteroatoms. The molecule has 2 aromatic carbocycles. The van der Waals surface area contributed by atoms with Crippen LogP contribution in [0.5, 0.6) is 5.75 Å². The van der Waals surface area contributed by atoms with Crippen LogP contribution in [0.3, 0.4) is 0 Å². The number of hydrogen-bond acceptors (Lipinski definition) is 3. The summed E-state index contributed by atoms with van der Waals surface area (Å²) in [6.45, 7) is 5.91. The van der Waals surface area contributed by atoms with Crippen LogP contribution in [0, 0.1) is 5.92 Å². The summed E-state index contributed by atoms with van der Waals surface area (Å²) in [5.74, 6) is 1.15. The van der Waals surface area contributed by atoms with Crippen molar-refractivity contribution in [2.24, 2.45) is 5.92 Å². The Labute approximate surface area is 118 Å². The van der Waals surface area contributed by atoms with E-state index in [1.165, 1.54) is 0 Å². The molecular weight excluding hydrogens is 256 g/mol. The number of phenols is 1. The van der Waals surface area contributed by atoms with Gasteiger partial charge in [0, 0.05) is 16.0 Å². The van der Waals surface area contributed by atoms with Crippen molar-refractivity contribution in [1.29, 1.82) is 0 Å². The lowest BCUT2D eigenvalue weighted by Gasteiger charge is -2.27. The van der Waals surface area contributed by atoms with E-state index in [0.29, 0.717) is 11.5 Å². The first-order chi connectivity index (χ1) is 8.92. The Kier molecular flexibility index (Phi) is 4.07. The van der Waals surface area contributed by atoms with Gasteiger partial charge in [-0.2, -0.15) is 0 Å². The Hall–Kier alpha value is -1.19. The maximum atomic E-state index is 10.3. The van der Waals surface area contributed by atoms with Crippen molar-refractivity contribution in [2.45, 2.75) is 31.3 Å². The first-order valence-electron chi connectivity index (χ1n) is 6.47. The summed E-state index contributed by atoms with van der Waals surface area (Å²) < 4.78 is 0. The van der Waals surface area contributed by atoms with E-state index in [9.17, 15) is 10.2 Å². The highest BCUT2D eigenvalue weighted by atomic mass is 32.2. The molecule has 0 aliphatic rings. The van der Waals surface area contributed by atoms with E-state index in [2.05, 4.69) is 0 Å². The third-order valence-electron chi connectivity index (χ3n) is 3.62. The molecule has 2 N–H and O–H groups in total. The van der Waals surface area contributed by atoms with Crippen LogP contribution in [-0.4, -0.2) is 21.6 Å². The minimum Gasteiger partial charge on any atom is -0.507 e. The fraction of sp³-hybridized carbons (Fsp3) is 0.375. The Morgan fingerprint density at radius 1 is 1.11 bits per heavy atom. The van der Waals surface area contributed by atoms with Crippen LogP contribution < -0.4 is 0 Å². The second kappa shape index (κ2) is 5.43. The van der Waals surface area contributed by atoms with Crippen LogP contribution in [0.2, 0.25) is 0 Å². The van der Waals surface area contributed by atoms with Gasteiger partial charge in [-0.3, -0.25) is 0 Å². The molecule has 0 aliphatic heterocycles. The van der Waals surface area contributed by atoms with Gasteiger partial charge in [0.25, 0.3) is 0 Å². The predicted octanol–water partition coefficient (Wildman–Crippen LogP) is 4.04. The molecule has 0 heterocycles. The summed E-state index contributed by atoms with van der Waals surface area (Å²) in [6.07, 6.45) is 0. The van der Waals surface area contributed by atoms with E-state index in [1.54, 1.807) is 17.8 Å². The maximum absolute atomic E-state index is 10.3. The number of aliphatic hydroxyl groups is 1. The van der Waals surface area contributed by atoms with Crippen LogP contribution in [0.1, 0.15) is 20.8 Å². The summed E-state index contributed by atoms with van der Waals surface area (Å²) in [5.41, 5.74) is -0.691. The van der Waals surface area contributed by atoms with Crippen molar-refractivity contribution in [3.8, 4) is 5.75 Å². The molecule has 0 saturated heterocycles. The zero-order valence-corrected chi connectivity index (χ0v) is 12.4. The highest BCUT2D eigenvalue weighted by Crippen LogP contribution is 2.35. The van der Waals surface area contributed by atoms with Crippen LogP contribution in [0.25, 0.3) is 10.8 Å². The number of thioether (sulfide) groups is 1. The third-order valence-corrected chi connectivity index (χ3v) is 5.02. The molecule has 1 unspecified atom stereocenters. The zero-order valence-electron chi connectivity index (χ0n) is 11.6. The predicted molar refractivity (Wildman–Crippen MR) is 81.8 cm³/mol. The molecule has 0 amide bonds. The van der Waals surface area contributed by atoms with Gasteiger partial charge in [0.15, 0.2) is 0 Å². The molecule has 0 saturated carbocycles. The van der Waals surface area contributed by atoms with Crippen LogP contribution >= 0.6 is 11.8 Å². The lowest BCUT2D eigenvalue weighted by atomic mass is 9.95. The first-order valence-corrected chi connectivity index (χ1v) is 7.46. The summed E-state index contributed by atoms with van der Waals surface area (Å²) in [6, 6.07) is 11.4. The number of hydrogen-bond donors (Lipinski definition) is 2. The van der Waals surface area contributed by atoms with Crippen molar-refractivity contribution in [1.82, 2.24) is 0 Å². The second-order valence-corrected chi connectivity index (χ2v) is 6.45. The molecule has 0 radical (unpaired) electrons. The van der Waals surface area contributed by atoms with Gasteiger partial charge in [0.1, 0.15) is 5.75 Å². The molecule has 19 heavy (non-hydrogen) atoms. The second-order valence-electron chi connectivity index (χ2n) is 5.43. The molecule has 2 aromatic rings. The third kappa shape index (κ3) is 3.04. The molecule has 1 atom stereocenters. The van der Waals surface area contributed by atoms with E-state index < -0.39 is 5.60 Å². The fourth-order valence-corrected chi connectivity index (χ4v) is 3.05. The zero-order chi connectivity index (χ0) is 14.0. The van der Waals surface area contributed by atoms with Crippen molar-refractivity contribution < 1.29 is 10.2 Å². The number of aromatic hydroxyl groups is 1. The standard InChI is InChI=1S/C16H20O2S/c1-11(2)16(3,18)10-19-15-9-8-14(17)12-6-4-5-7-13(12)15/h4-9,11,17-18H,10H2,1-3H3. The largest absolute Gasteiger partial charge is 0.507 e. The van der Waals surface area contributed by atoms with Gasteiger partial charge in [0.2, 0.25) is 0 Å².